The molecule has 0 unspecified atom stereocenters. The van der Waals surface area contributed by atoms with Crippen LogP contribution in [-0.2, 0) is 0 Å². The highest BCUT2D eigenvalue weighted by Gasteiger charge is 2.42. The summed E-state index contributed by atoms with van der Waals surface area (Å²) in [4.78, 5) is 4.94. The molecule has 0 N–H and O–H groups in total. The van der Waals surface area contributed by atoms with E-state index >= 15 is 0 Å². The van der Waals surface area contributed by atoms with Crippen molar-refractivity contribution in [2.75, 3.05) is 9.80 Å². The lowest BCUT2D eigenvalue weighted by Crippen LogP contribution is -2.61. The normalized spacial score (nSPS) is 13.5. The molecule has 0 atom stereocenters. The first-order valence-corrected chi connectivity index (χ1v) is 15.1. The highest BCUT2D eigenvalue weighted by Crippen LogP contribution is 2.44. The highest BCUT2D eigenvalue weighted by atomic mass is 32.1. The van der Waals surface area contributed by atoms with Gasteiger partial charge in [0.15, 0.2) is 0 Å². The van der Waals surface area contributed by atoms with Gasteiger partial charge < -0.3 is 9.80 Å². The minimum Gasteiger partial charge on any atom is -0.311 e. The second-order valence-electron chi connectivity index (χ2n) is 10.3. The first-order chi connectivity index (χ1) is 19.3. The summed E-state index contributed by atoms with van der Waals surface area (Å²) in [7, 11) is 0. The third-order valence-corrected chi connectivity index (χ3v) is 9.81. The first-order valence-electron chi connectivity index (χ1n) is 13.2. The van der Waals surface area contributed by atoms with Gasteiger partial charge >= 0.3 is 0 Å². The van der Waals surface area contributed by atoms with Crippen LogP contribution in [-0.4, -0.2) is 6.71 Å². The van der Waals surface area contributed by atoms with Crippen LogP contribution in [0.1, 0.15) is 0 Å². The van der Waals surface area contributed by atoms with Gasteiger partial charge in [-0.25, -0.2) is 0 Å². The predicted octanol–water partition coefficient (Wildman–Crippen LogP) is 8.20. The SMILES string of the molecule is c1ccc2c(c1)B1c3ccccc3N(c3ccc4cscc4c3)c3cccc(c31)N2c1ccc2cscc2c1. The van der Waals surface area contributed by atoms with Crippen molar-refractivity contribution >= 4 is 101 Å². The summed E-state index contributed by atoms with van der Waals surface area (Å²) in [6.45, 7) is 0.172. The zero-order valence-electron chi connectivity index (χ0n) is 20.9. The molecule has 182 valence electrons. The lowest BCUT2D eigenvalue weighted by atomic mass is 9.33. The average Bonchev–Trinajstić information content (AvgIpc) is 3.66. The topological polar surface area (TPSA) is 6.48 Å². The lowest BCUT2D eigenvalue weighted by Gasteiger charge is -2.44. The number of nitrogens with zero attached hydrogens (tertiary/aromatic N) is 2. The predicted molar refractivity (Wildman–Crippen MR) is 171 cm³/mol. The van der Waals surface area contributed by atoms with Gasteiger partial charge in [-0.05, 0) is 108 Å². The van der Waals surface area contributed by atoms with Crippen molar-refractivity contribution in [1.29, 1.82) is 0 Å². The Morgan fingerprint density at radius 3 is 1.44 bits per heavy atom. The molecule has 2 aliphatic heterocycles. The molecule has 0 bridgehead atoms. The van der Waals surface area contributed by atoms with Crippen LogP contribution in [0, 0.1) is 0 Å². The van der Waals surface area contributed by atoms with Crippen LogP contribution in [0.25, 0.3) is 21.5 Å². The van der Waals surface area contributed by atoms with Crippen molar-refractivity contribution in [1.82, 2.24) is 0 Å². The van der Waals surface area contributed by atoms with Crippen molar-refractivity contribution in [2.45, 2.75) is 0 Å². The fourth-order valence-corrected chi connectivity index (χ4v) is 8.13. The number of rotatable bonds is 2. The van der Waals surface area contributed by atoms with E-state index in [-0.39, 0.29) is 6.71 Å². The molecule has 0 saturated heterocycles. The van der Waals surface area contributed by atoms with Gasteiger partial charge in [0, 0.05) is 34.1 Å². The van der Waals surface area contributed by atoms with Gasteiger partial charge in [-0.3, -0.25) is 0 Å². The summed E-state index contributed by atoms with van der Waals surface area (Å²) in [6.07, 6.45) is 0. The number of para-hydroxylation sites is 2. The smallest absolute Gasteiger partial charge is 0.252 e. The van der Waals surface area contributed by atoms with E-state index < -0.39 is 0 Å². The molecule has 2 aliphatic rings. The standard InChI is InChI=1S/C34H21BN2S2/c1-3-8-30-28(6-1)35-29-7-2-4-9-31(29)37(27-15-13-23-19-39-21-25(23)17-27)33-11-5-10-32(34(33)35)36(30)26-14-12-22-18-38-20-24(22)16-26/h1-21H. The molecular weight excluding hydrogens is 511 g/mol. The molecule has 0 amide bonds. The van der Waals surface area contributed by atoms with Crippen molar-refractivity contribution in [3.63, 3.8) is 0 Å². The van der Waals surface area contributed by atoms with Crippen LogP contribution < -0.4 is 26.2 Å². The quantitative estimate of drug-likeness (QED) is 0.207. The molecule has 0 spiro atoms. The Morgan fingerprint density at radius 2 is 0.897 bits per heavy atom. The lowest BCUT2D eigenvalue weighted by molar-refractivity contribution is 1.26. The third-order valence-electron chi connectivity index (χ3n) is 8.25. The maximum atomic E-state index is 2.47. The van der Waals surface area contributed by atoms with Crippen LogP contribution in [0.15, 0.2) is 125 Å². The Morgan fingerprint density at radius 1 is 0.436 bits per heavy atom. The molecule has 5 aromatic carbocycles. The van der Waals surface area contributed by atoms with Gasteiger partial charge in [-0.1, -0.05) is 54.6 Å². The van der Waals surface area contributed by atoms with E-state index in [0.29, 0.717) is 0 Å². The second-order valence-corrected chi connectivity index (χ2v) is 11.8. The summed E-state index contributed by atoms with van der Waals surface area (Å²) < 4.78 is 0. The number of hydrogen-bond acceptors (Lipinski definition) is 4. The average molecular weight is 533 g/mol. The molecule has 5 heteroatoms. The third kappa shape index (κ3) is 3.03. The number of fused-ring (bicyclic) bond motifs is 6. The maximum Gasteiger partial charge on any atom is 0.252 e. The van der Waals surface area contributed by atoms with E-state index in [1.165, 1.54) is 72.1 Å². The highest BCUT2D eigenvalue weighted by molar-refractivity contribution is 7.09. The second kappa shape index (κ2) is 8.09. The molecule has 2 aromatic heterocycles. The molecule has 0 aliphatic carbocycles. The van der Waals surface area contributed by atoms with Crippen LogP contribution in [0.2, 0.25) is 0 Å². The maximum absolute atomic E-state index is 2.47. The molecule has 9 rings (SSSR count). The Hall–Kier alpha value is -4.32. The molecule has 39 heavy (non-hydrogen) atoms. The summed E-state index contributed by atoms with van der Waals surface area (Å²) >= 11 is 3.52. The van der Waals surface area contributed by atoms with Gasteiger partial charge in [-0.15, -0.1) is 0 Å². The minimum atomic E-state index is 0.172. The van der Waals surface area contributed by atoms with Crippen LogP contribution in [0.4, 0.5) is 34.1 Å². The molecule has 2 nitrogen and oxygen atoms in total. The number of anilines is 6. The molecular formula is C34H21BN2S2. The summed E-state index contributed by atoms with van der Waals surface area (Å²) in [5.74, 6) is 0. The van der Waals surface area contributed by atoms with Crippen LogP contribution >= 0.6 is 22.7 Å². The van der Waals surface area contributed by atoms with Crippen molar-refractivity contribution in [2.24, 2.45) is 0 Å². The van der Waals surface area contributed by atoms with E-state index in [4.69, 9.17) is 0 Å². The van der Waals surface area contributed by atoms with Gasteiger partial charge in [0.2, 0.25) is 0 Å². The van der Waals surface area contributed by atoms with Crippen molar-refractivity contribution < 1.29 is 0 Å². The van der Waals surface area contributed by atoms with Crippen molar-refractivity contribution in [3.8, 4) is 0 Å². The van der Waals surface area contributed by atoms with Gasteiger partial charge in [0.1, 0.15) is 0 Å². The molecule has 7 aromatic rings. The van der Waals surface area contributed by atoms with Crippen LogP contribution in [0.3, 0.4) is 0 Å². The summed E-state index contributed by atoms with van der Waals surface area (Å²) in [6, 6.07) is 38.4. The molecule has 4 heterocycles. The van der Waals surface area contributed by atoms with E-state index in [2.05, 4.69) is 134 Å². The Kier molecular flexibility index (Phi) is 4.48. The zero-order chi connectivity index (χ0) is 25.5. The van der Waals surface area contributed by atoms with Gasteiger partial charge in [0.25, 0.3) is 6.71 Å². The van der Waals surface area contributed by atoms with Gasteiger partial charge in [-0.2, -0.15) is 22.7 Å². The van der Waals surface area contributed by atoms with E-state index in [0.717, 1.165) is 0 Å². The van der Waals surface area contributed by atoms with Crippen molar-refractivity contribution in [3.05, 3.63) is 125 Å². The Labute approximate surface area is 235 Å². The Bertz CT molecular complexity index is 1930. The molecule has 0 radical (unpaired) electrons. The van der Waals surface area contributed by atoms with Gasteiger partial charge in [0.05, 0.1) is 0 Å². The Balaban J connectivity index is 1.35. The first kappa shape index (κ1) is 21.6. The largest absolute Gasteiger partial charge is 0.311 e. The minimum absolute atomic E-state index is 0.172. The van der Waals surface area contributed by atoms with E-state index in [1.807, 2.05) is 0 Å². The molecule has 0 saturated carbocycles. The number of hydrogen-bond donors (Lipinski definition) is 0. The van der Waals surface area contributed by atoms with E-state index in [9.17, 15) is 0 Å². The number of thiophene rings is 2. The molecule has 0 fully saturated rings. The van der Waals surface area contributed by atoms with Crippen LogP contribution in [0.5, 0.6) is 0 Å². The fourth-order valence-electron chi connectivity index (χ4n) is 6.57. The summed E-state index contributed by atoms with van der Waals surface area (Å²) in [5, 5.41) is 14.1. The zero-order valence-corrected chi connectivity index (χ0v) is 22.5. The number of benzene rings is 5. The monoisotopic (exact) mass is 532 g/mol. The fraction of sp³-hybridized carbons (Fsp3) is 0. The van der Waals surface area contributed by atoms with E-state index in [1.54, 1.807) is 22.7 Å². The summed E-state index contributed by atoms with van der Waals surface area (Å²) in [5.41, 5.74) is 11.5.